The van der Waals surface area contributed by atoms with Crippen molar-refractivity contribution in [2.24, 2.45) is 0 Å². The van der Waals surface area contributed by atoms with Gasteiger partial charge in [-0.2, -0.15) is 0 Å². The summed E-state index contributed by atoms with van der Waals surface area (Å²) < 4.78 is 21.9. The van der Waals surface area contributed by atoms with Crippen molar-refractivity contribution in [2.75, 3.05) is 13.2 Å². The van der Waals surface area contributed by atoms with E-state index in [4.69, 9.17) is 18.9 Å². The molecule has 6 N–H and O–H groups in total. The molecule has 158 valence electrons. The molecule has 10 nitrogen and oxygen atoms in total. The molecule has 28 heavy (non-hydrogen) atoms. The molecule has 0 bridgehead atoms. The van der Waals surface area contributed by atoms with Gasteiger partial charge in [0.25, 0.3) is 0 Å². The molecular formula is C18H26O10. The van der Waals surface area contributed by atoms with Gasteiger partial charge in [0.2, 0.25) is 0 Å². The molecule has 2 heterocycles. The van der Waals surface area contributed by atoms with Gasteiger partial charge in [0, 0.05) is 0 Å². The van der Waals surface area contributed by atoms with Crippen LogP contribution in [0.2, 0.25) is 0 Å². The predicted molar refractivity (Wildman–Crippen MR) is 91.6 cm³/mol. The summed E-state index contributed by atoms with van der Waals surface area (Å²) in [4.78, 5) is 0. The highest BCUT2D eigenvalue weighted by atomic mass is 16.7. The Labute approximate surface area is 161 Å². The zero-order valence-corrected chi connectivity index (χ0v) is 15.0. The molecule has 0 aliphatic carbocycles. The first-order valence-corrected chi connectivity index (χ1v) is 9.01. The Morgan fingerprint density at radius 1 is 0.893 bits per heavy atom. The summed E-state index contributed by atoms with van der Waals surface area (Å²) in [6.45, 7) is -0.664. The van der Waals surface area contributed by atoms with E-state index in [9.17, 15) is 30.6 Å². The maximum atomic E-state index is 10.3. The van der Waals surface area contributed by atoms with Gasteiger partial charge in [-0.3, -0.25) is 0 Å². The third-order valence-corrected chi connectivity index (χ3v) is 4.83. The number of ether oxygens (including phenoxy) is 4. The SMILES string of the molecule is OC[C@H]1O[C@@H](O[C@H]2[C@H](OCc3ccccc3)OC[C@H](O)[C@@H]2O)[C@H](O)[C@@H](O)[C@@H]1O. The maximum Gasteiger partial charge on any atom is 0.187 e. The van der Waals surface area contributed by atoms with Crippen LogP contribution in [0.1, 0.15) is 5.56 Å². The molecule has 0 spiro atoms. The fourth-order valence-electron chi connectivity index (χ4n) is 3.14. The van der Waals surface area contributed by atoms with Gasteiger partial charge < -0.3 is 49.6 Å². The number of aliphatic hydroxyl groups is 6. The van der Waals surface area contributed by atoms with Crippen LogP contribution >= 0.6 is 0 Å². The summed E-state index contributed by atoms with van der Waals surface area (Å²) in [6.07, 6.45) is -12.5. The van der Waals surface area contributed by atoms with Crippen molar-refractivity contribution in [3.8, 4) is 0 Å². The molecule has 0 saturated carbocycles. The standard InChI is InChI=1S/C18H26O10/c19-6-11-13(22)14(23)15(24)17(27-11)28-16-12(21)10(20)8-26-18(16)25-7-9-4-2-1-3-5-9/h1-5,10-24H,6-8H2/t10-,11+,12-,13+,14-,15+,16+,17-,18+/m0/s1. The van der Waals surface area contributed by atoms with Crippen molar-refractivity contribution in [3.63, 3.8) is 0 Å². The lowest BCUT2D eigenvalue weighted by Crippen LogP contribution is -2.63. The highest BCUT2D eigenvalue weighted by Gasteiger charge is 2.48. The predicted octanol–water partition coefficient (Wildman–Crippen LogP) is -2.53. The van der Waals surface area contributed by atoms with Gasteiger partial charge in [-0.25, -0.2) is 0 Å². The minimum atomic E-state index is -1.65. The van der Waals surface area contributed by atoms with Gasteiger partial charge in [-0.15, -0.1) is 0 Å². The second kappa shape index (κ2) is 9.55. The van der Waals surface area contributed by atoms with Crippen LogP contribution in [-0.4, -0.2) is 99.2 Å². The lowest BCUT2D eigenvalue weighted by atomic mass is 9.99. The molecular weight excluding hydrogens is 376 g/mol. The van der Waals surface area contributed by atoms with Crippen molar-refractivity contribution < 1.29 is 49.6 Å². The van der Waals surface area contributed by atoms with Gasteiger partial charge in [-0.1, -0.05) is 30.3 Å². The summed E-state index contributed by atoms with van der Waals surface area (Å²) in [7, 11) is 0. The van der Waals surface area contributed by atoms with E-state index in [1.54, 1.807) is 0 Å². The number of aliphatic hydroxyl groups excluding tert-OH is 6. The van der Waals surface area contributed by atoms with E-state index in [2.05, 4.69) is 0 Å². The largest absolute Gasteiger partial charge is 0.394 e. The van der Waals surface area contributed by atoms with Gasteiger partial charge in [0.15, 0.2) is 12.6 Å². The molecule has 2 fully saturated rings. The Morgan fingerprint density at radius 3 is 2.29 bits per heavy atom. The van der Waals surface area contributed by atoms with Crippen LogP contribution < -0.4 is 0 Å². The number of benzene rings is 1. The Balaban J connectivity index is 1.69. The molecule has 0 radical (unpaired) electrons. The van der Waals surface area contributed by atoms with Crippen molar-refractivity contribution in [3.05, 3.63) is 35.9 Å². The molecule has 10 heteroatoms. The Kier molecular flexibility index (Phi) is 7.34. The van der Waals surface area contributed by atoms with Gasteiger partial charge in [0.1, 0.15) is 42.7 Å². The van der Waals surface area contributed by atoms with Gasteiger partial charge in [0.05, 0.1) is 19.8 Å². The summed E-state index contributed by atoms with van der Waals surface area (Å²) in [5, 5.41) is 59.4. The quantitative estimate of drug-likeness (QED) is 0.300. The second-order valence-corrected chi connectivity index (χ2v) is 6.85. The average molecular weight is 402 g/mol. The summed E-state index contributed by atoms with van der Waals surface area (Å²) >= 11 is 0. The normalized spacial score (nSPS) is 41.7. The lowest BCUT2D eigenvalue weighted by Gasteiger charge is -2.44. The van der Waals surface area contributed by atoms with Crippen LogP contribution in [0.3, 0.4) is 0 Å². The van der Waals surface area contributed by atoms with E-state index in [1.165, 1.54) is 0 Å². The maximum absolute atomic E-state index is 10.3. The Morgan fingerprint density at radius 2 is 1.61 bits per heavy atom. The zero-order chi connectivity index (χ0) is 20.3. The molecule has 2 saturated heterocycles. The van der Waals surface area contributed by atoms with E-state index >= 15 is 0 Å². The first-order valence-electron chi connectivity index (χ1n) is 9.01. The van der Waals surface area contributed by atoms with Crippen LogP contribution in [0.5, 0.6) is 0 Å². The topological polar surface area (TPSA) is 158 Å². The molecule has 1 aromatic rings. The summed E-state index contributed by atoms with van der Waals surface area (Å²) in [5.74, 6) is 0. The third kappa shape index (κ3) is 4.69. The van der Waals surface area contributed by atoms with Crippen molar-refractivity contribution in [1.29, 1.82) is 0 Å². The number of hydrogen-bond donors (Lipinski definition) is 6. The molecule has 0 amide bonds. The smallest absolute Gasteiger partial charge is 0.187 e. The first kappa shape index (κ1) is 21.5. The molecule has 3 rings (SSSR count). The zero-order valence-electron chi connectivity index (χ0n) is 15.0. The third-order valence-electron chi connectivity index (χ3n) is 4.83. The van der Waals surface area contributed by atoms with Crippen LogP contribution in [0, 0.1) is 0 Å². The van der Waals surface area contributed by atoms with E-state index < -0.39 is 61.9 Å². The second-order valence-electron chi connectivity index (χ2n) is 6.85. The van der Waals surface area contributed by atoms with Crippen LogP contribution in [0.4, 0.5) is 0 Å². The fraction of sp³-hybridized carbons (Fsp3) is 0.667. The monoisotopic (exact) mass is 402 g/mol. The molecule has 2 aliphatic heterocycles. The van der Waals surface area contributed by atoms with E-state index in [0.29, 0.717) is 0 Å². The van der Waals surface area contributed by atoms with E-state index in [0.717, 1.165) is 5.56 Å². The number of rotatable bonds is 6. The van der Waals surface area contributed by atoms with Gasteiger partial charge >= 0.3 is 0 Å². The highest BCUT2D eigenvalue weighted by Crippen LogP contribution is 2.28. The molecule has 1 aromatic carbocycles. The summed E-state index contributed by atoms with van der Waals surface area (Å²) in [6, 6.07) is 9.19. The Hall–Kier alpha value is -1.18. The lowest BCUT2D eigenvalue weighted by molar-refractivity contribution is -0.358. The summed E-state index contributed by atoms with van der Waals surface area (Å²) in [5.41, 5.74) is 0.846. The van der Waals surface area contributed by atoms with Crippen molar-refractivity contribution in [1.82, 2.24) is 0 Å². The average Bonchev–Trinajstić information content (AvgIpc) is 2.71. The first-order chi connectivity index (χ1) is 13.4. The van der Waals surface area contributed by atoms with E-state index in [-0.39, 0.29) is 13.2 Å². The highest BCUT2D eigenvalue weighted by molar-refractivity contribution is 5.13. The van der Waals surface area contributed by atoms with Crippen LogP contribution in [-0.2, 0) is 25.6 Å². The van der Waals surface area contributed by atoms with Crippen LogP contribution in [0.25, 0.3) is 0 Å². The molecule has 9 atom stereocenters. The van der Waals surface area contributed by atoms with Crippen molar-refractivity contribution in [2.45, 2.75) is 61.9 Å². The molecule has 0 unspecified atom stereocenters. The Bertz CT molecular complexity index is 599. The van der Waals surface area contributed by atoms with Crippen molar-refractivity contribution >= 4 is 0 Å². The fourth-order valence-corrected chi connectivity index (χ4v) is 3.14. The molecule has 2 aliphatic rings. The number of hydrogen-bond acceptors (Lipinski definition) is 10. The molecule has 0 aromatic heterocycles. The minimum Gasteiger partial charge on any atom is -0.394 e. The van der Waals surface area contributed by atoms with Gasteiger partial charge in [-0.05, 0) is 5.56 Å². The minimum absolute atomic E-state index is 0.142. The van der Waals surface area contributed by atoms with Crippen LogP contribution in [0.15, 0.2) is 30.3 Å². The van der Waals surface area contributed by atoms with E-state index in [1.807, 2.05) is 30.3 Å².